The van der Waals surface area contributed by atoms with E-state index in [1.807, 2.05) is 18.2 Å². The van der Waals surface area contributed by atoms with Crippen molar-refractivity contribution >= 4 is 31.8 Å². The van der Waals surface area contributed by atoms with Crippen LogP contribution in [0.4, 0.5) is 5.82 Å². The maximum absolute atomic E-state index is 12.8. The molecule has 1 aromatic heterocycles. The summed E-state index contributed by atoms with van der Waals surface area (Å²) >= 11 is 3.39. The molecule has 1 N–H and O–H groups in total. The molecule has 0 unspecified atom stereocenters. The third-order valence-electron chi connectivity index (χ3n) is 4.16. The molecule has 1 aromatic carbocycles. The molecular weight excluding hydrogens is 376 g/mol. The molecule has 0 aliphatic heterocycles. The van der Waals surface area contributed by atoms with Crippen molar-refractivity contribution in [2.45, 2.75) is 44.4 Å². The van der Waals surface area contributed by atoms with Crippen LogP contribution in [0.3, 0.4) is 0 Å². The van der Waals surface area contributed by atoms with E-state index in [1.165, 1.54) is 17.5 Å². The van der Waals surface area contributed by atoms with E-state index < -0.39 is 10.0 Å². The Kier molecular flexibility index (Phi) is 4.47. The number of nitrogens with one attached hydrogen (secondary N) is 1. The van der Waals surface area contributed by atoms with Crippen molar-refractivity contribution in [1.29, 1.82) is 0 Å². The Morgan fingerprint density at radius 3 is 2.30 bits per heavy atom. The molecule has 1 aliphatic rings. The lowest BCUT2D eigenvalue weighted by Crippen LogP contribution is -2.17. The van der Waals surface area contributed by atoms with Crippen LogP contribution in [-0.4, -0.2) is 13.4 Å². The Labute approximate surface area is 145 Å². The highest BCUT2D eigenvalue weighted by molar-refractivity contribution is 9.10. The number of pyridine rings is 1. The number of fused-ring (bicyclic) bond motifs is 1. The summed E-state index contributed by atoms with van der Waals surface area (Å²) in [6.07, 6.45) is 6.14. The highest BCUT2D eigenvalue weighted by atomic mass is 79.9. The zero-order valence-corrected chi connectivity index (χ0v) is 15.6. The molecule has 0 amide bonds. The van der Waals surface area contributed by atoms with Gasteiger partial charge in [0.15, 0.2) is 0 Å². The number of anilines is 1. The summed E-state index contributed by atoms with van der Waals surface area (Å²) in [6, 6.07) is 5.49. The van der Waals surface area contributed by atoms with E-state index in [1.54, 1.807) is 20.0 Å². The van der Waals surface area contributed by atoms with E-state index >= 15 is 0 Å². The van der Waals surface area contributed by atoms with E-state index in [4.69, 9.17) is 0 Å². The molecule has 23 heavy (non-hydrogen) atoms. The SMILES string of the molecule is Cc1cc(Br)cc(C)c1S(=O)(=O)Nc1cc2c(cn1)CCCC2. The summed E-state index contributed by atoms with van der Waals surface area (Å²) in [5.74, 6) is 0.396. The van der Waals surface area contributed by atoms with Crippen LogP contribution in [0.2, 0.25) is 0 Å². The molecule has 122 valence electrons. The van der Waals surface area contributed by atoms with Gasteiger partial charge in [0.1, 0.15) is 5.82 Å². The number of benzene rings is 1. The lowest BCUT2D eigenvalue weighted by molar-refractivity contribution is 0.599. The van der Waals surface area contributed by atoms with Gasteiger partial charge >= 0.3 is 0 Å². The predicted octanol–water partition coefficient (Wildman–Crippen LogP) is 4.14. The Morgan fingerprint density at radius 1 is 1.04 bits per heavy atom. The van der Waals surface area contributed by atoms with Crippen LogP contribution in [0.1, 0.15) is 35.1 Å². The minimum atomic E-state index is -3.65. The largest absolute Gasteiger partial charge is 0.263 e. The maximum atomic E-state index is 12.8. The second kappa shape index (κ2) is 6.24. The van der Waals surface area contributed by atoms with Gasteiger partial charge < -0.3 is 0 Å². The molecular formula is C17H19BrN2O2S. The molecule has 1 heterocycles. The van der Waals surface area contributed by atoms with E-state index in [-0.39, 0.29) is 0 Å². The molecule has 0 saturated carbocycles. The number of aryl methyl sites for hydroxylation is 4. The summed E-state index contributed by atoms with van der Waals surface area (Å²) in [6.45, 7) is 3.60. The van der Waals surface area contributed by atoms with E-state index in [0.29, 0.717) is 21.8 Å². The number of aromatic nitrogens is 1. The molecule has 4 nitrogen and oxygen atoms in total. The van der Waals surface area contributed by atoms with Crippen molar-refractivity contribution in [3.63, 3.8) is 0 Å². The monoisotopic (exact) mass is 394 g/mol. The van der Waals surface area contributed by atoms with Crippen molar-refractivity contribution in [2.24, 2.45) is 0 Å². The maximum Gasteiger partial charge on any atom is 0.263 e. The minimum Gasteiger partial charge on any atom is -0.263 e. The smallest absolute Gasteiger partial charge is 0.263 e. The van der Waals surface area contributed by atoms with Gasteiger partial charge in [0.2, 0.25) is 0 Å². The summed E-state index contributed by atoms with van der Waals surface area (Å²) in [5.41, 5.74) is 3.85. The first-order chi connectivity index (χ1) is 10.9. The first-order valence-corrected chi connectivity index (χ1v) is 9.92. The second-order valence-electron chi connectivity index (χ2n) is 6.02. The van der Waals surface area contributed by atoms with Gasteiger partial charge in [0, 0.05) is 10.7 Å². The molecule has 1 aliphatic carbocycles. The van der Waals surface area contributed by atoms with Crippen LogP contribution >= 0.6 is 15.9 Å². The fraction of sp³-hybridized carbons (Fsp3) is 0.353. The first kappa shape index (κ1) is 16.5. The molecule has 0 atom stereocenters. The molecule has 2 aromatic rings. The standard InChI is InChI=1S/C17H19BrN2O2S/c1-11-7-15(18)8-12(2)17(11)23(21,22)20-16-9-13-5-3-4-6-14(13)10-19-16/h7-10H,3-6H2,1-2H3,(H,19,20). The van der Waals surface area contributed by atoms with E-state index in [2.05, 4.69) is 25.6 Å². The van der Waals surface area contributed by atoms with Crippen molar-refractivity contribution in [3.05, 3.63) is 51.1 Å². The fourth-order valence-electron chi connectivity index (χ4n) is 3.18. The molecule has 3 rings (SSSR count). The first-order valence-electron chi connectivity index (χ1n) is 7.64. The topological polar surface area (TPSA) is 59.1 Å². The lowest BCUT2D eigenvalue weighted by atomic mass is 9.93. The molecule has 0 saturated heterocycles. The fourth-order valence-corrected chi connectivity index (χ4v) is 5.32. The number of rotatable bonds is 3. The van der Waals surface area contributed by atoms with Crippen LogP contribution in [0.5, 0.6) is 0 Å². The number of halogens is 1. The average Bonchev–Trinajstić information content (AvgIpc) is 2.45. The van der Waals surface area contributed by atoms with Gasteiger partial charge in [-0.3, -0.25) is 4.72 Å². The molecule has 6 heteroatoms. The zero-order valence-electron chi connectivity index (χ0n) is 13.2. The molecule has 0 spiro atoms. The molecule has 0 fully saturated rings. The summed E-state index contributed by atoms with van der Waals surface area (Å²) in [7, 11) is -3.65. The van der Waals surface area contributed by atoms with Gasteiger partial charge in [-0.15, -0.1) is 0 Å². The summed E-state index contributed by atoms with van der Waals surface area (Å²) < 4.78 is 29.0. The third kappa shape index (κ3) is 3.43. The highest BCUT2D eigenvalue weighted by Crippen LogP contribution is 2.27. The zero-order chi connectivity index (χ0) is 16.6. The highest BCUT2D eigenvalue weighted by Gasteiger charge is 2.21. The number of nitrogens with zero attached hydrogens (tertiary/aromatic N) is 1. The van der Waals surface area contributed by atoms with E-state index in [9.17, 15) is 8.42 Å². The van der Waals surface area contributed by atoms with Gasteiger partial charge in [-0.05, 0) is 80.0 Å². The van der Waals surface area contributed by atoms with Crippen LogP contribution < -0.4 is 4.72 Å². The van der Waals surface area contributed by atoms with Gasteiger partial charge in [-0.1, -0.05) is 15.9 Å². The average molecular weight is 395 g/mol. The number of hydrogen-bond acceptors (Lipinski definition) is 3. The van der Waals surface area contributed by atoms with Crippen LogP contribution in [-0.2, 0) is 22.9 Å². The lowest BCUT2D eigenvalue weighted by Gasteiger charge is -2.17. The minimum absolute atomic E-state index is 0.320. The normalized spacial score (nSPS) is 14.4. The second-order valence-corrected chi connectivity index (χ2v) is 8.55. The van der Waals surface area contributed by atoms with Gasteiger partial charge in [-0.25, -0.2) is 13.4 Å². The Bertz CT molecular complexity index is 840. The Morgan fingerprint density at radius 2 is 1.65 bits per heavy atom. The van der Waals surface area contributed by atoms with Crippen molar-refractivity contribution in [2.75, 3.05) is 4.72 Å². The summed E-state index contributed by atoms with van der Waals surface area (Å²) in [5, 5.41) is 0. The van der Waals surface area contributed by atoms with Crippen molar-refractivity contribution < 1.29 is 8.42 Å². The van der Waals surface area contributed by atoms with Gasteiger partial charge in [-0.2, -0.15) is 0 Å². The summed E-state index contributed by atoms with van der Waals surface area (Å²) in [4.78, 5) is 4.60. The van der Waals surface area contributed by atoms with Crippen LogP contribution in [0.15, 0.2) is 33.8 Å². The Hall–Kier alpha value is -1.40. The third-order valence-corrected chi connectivity index (χ3v) is 6.27. The number of sulfonamides is 1. The predicted molar refractivity (Wildman–Crippen MR) is 95.3 cm³/mol. The molecule has 0 bridgehead atoms. The van der Waals surface area contributed by atoms with Gasteiger partial charge in [0.25, 0.3) is 10.0 Å². The van der Waals surface area contributed by atoms with Crippen LogP contribution in [0.25, 0.3) is 0 Å². The van der Waals surface area contributed by atoms with Crippen molar-refractivity contribution in [1.82, 2.24) is 4.98 Å². The van der Waals surface area contributed by atoms with Crippen LogP contribution in [0, 0.1) is 13.8 Å². The van der Waals surface area contributed by atoms with Gasteiger partial charge in [0.05, 0.1) is 4.90 Å². The Balaban J connectivity index is 1.96. The quantitative estimate of drug-likeness (QED) is 0.850. The van der Waals surface area contributed by atoms with E-state index in [0.717, 1.165) is 23.7 Å². The molecule has 0 radical (unpaired) electrons. The number of hydrogen-bond donors (Lipinski definition) is 1. The van der Waals surface area contributed by atoms with Crippen molar-refractivity contribution in [3.8, 4) is 0 Å².